The molecular weight excluding hydrogens is 662 g/mol. The third kappa shape index (κ3) is 7.40. The van der Waals surface area contributed by atoms with Gasteiger partial charge in [0.1, 0.15) is 16.5 Å². The molecule has 5 rings (SSSR count). The molecule has 0 amide bonds. The first-order valence-electron chi connectivity index (χ1n) is 15.7. The molecule has 0 fully saturated rings. The van der Waals surface area contributed by atoms with Gasteiger partial charge < -0.3 is 28.8 Å². The molecule has 258 valence electrons. The van der Waals surface area contributed by atoms with Crippen LogP contribution in [0.1, 0.15) is 71.2 Å². The number of hydrogen-bond acceptors (Lipinski definition) is 11. The highest BCUT2D eigenvalue weighted by atomic mass is 35.5. The number of benzene rings is 2. The molecule has 0 saturated heterocycles. The Labute approximate surface area is 294 Å². The number of ether oxygens (including phenoxy) is 4. The third-order valence-electron chi connectivity index (χ3n) is 7.82. The van der Waals surface area contributed by atoms with Gasteiger partial charge in [-0.2, -0.15) is 15.3 Å². The molecule has 5 aromatic rings. The number of aromatic nitrogens is 5. The van der Waals surface area contributed by atoms with Crippen molar-refractivity contribution in [1.82, 2.24) is 24.3 Å². The van der Waals surface area contributed by atoms with Crippen LogP contribution >= 0.6 is 11.6 Å². The van der Waals surface area contributed by atoms with Gasteiger partial charge in [0.15, 0.2) is 5.69 Å². The molecule has 1 atom stereocenters. The van der Waals surface area contributed by atoms with Crippen molar-refractivity contribution in [2.75, 3.05) is 33.3 Å². The maximum Gasteiger partial charge on any atom is 0.359 e. The average Bonchev–Trinajstić information content (AvgIpc) is 3.53. The minimum Gasteiger partial charge on any atom is -0.497 e. The van der Waals surface area contributed by atoms with E-state index >= 15 is 0 Å². The maximum atomic E-state index is 13.7. The number of nitriles is 1. The molecule has 0 bridgehead atoms. The minimum atomic E-state index is -0.763. The van der Waals surface area contributed by atoms with E-state index in [1.165, 1.54) is 31.0 Å². The summed E-state index contributed by atoms with van der Waals surface area (Å²) in [6.07, 6.45) is 3.17. The molecule has 3 heterocycles. The van der Waals surface area contributed by atoms with E-state index in [1.807, 2.05) is 38.1 Å². The van der Waals surface area contributed by atoms with E-state index in [-0.39, 0.29) is 47.2 Å². The maximum absolute atomic E-state index is 13.7. The third-order valence-corrected chi connectivity index (χ3v) is 8.09. The van der Waals surface area contributed by atoms with Gasteiger partial charge in [0, 0.05) is 11.8 Å². The number of halogens is 1. The van der Waals surface area contributed by atoms with Gasteiger partial charge in [-0.1, -0.05) is 49.7 Å². The number of rotatable bonds is 13. The number of carbonyl (C=O) groups is 1. The molecule has 0 aliphatic rings. The van der Waals surface area contributed by atoms with Crippen molar-refractivity contribution in [2.45, 2.75) is 39.3 Å². The average molecular weight is 698 g/mol. The number of carbonyl (C=O) groups excluding carboxylic acids is 1. The van der Waals surface area contributed by atoms with E-state index in [1.54, 1.807) is 49.2 Å². The number of methoxy groups -OCH3 is 3. The van der Waals surface area contributed by atoms with Gasteiger partial charge in [0.25, 0.3) is 5.56 Å². The van der Waals surface area contributed by atoms with Gasteiger partial charge in [0.2, 0.25) is 5.88 Å². The highest BCUT2D eigenvalue weighted by Crippen LogP contribution is 2.38. The topological polar surface area (TPSA) is 155 Å². The van der Waals surface area contributed by atoms with E-state index in [0.29, 0.717) is 39.5 Å². The van der Waals surface area contributed by atoms with E-state index in [2.05, 4.69) is 21.4 Å². The highest BCUT2D eigenvalue weighted by molar-refractivity contribution is 6.30. The molecule has 13 nitrogen and oxygen atoms in total. The summed E-state index contributed by atoms with van der Waals surface area (Å²) in [6, 6.07) is 17.3. The van der Waals surface area contributed by atoms with Gasteiger partial charge in [-0.05, 0) is 54.3 Å². The van der Waals surface area contributed by atoms with Crippen molar-refractivity contribution < 1.29 is 23.7 Å². The van der Waals surface area contributed by atoms with E-state index in [0.717, 1.165) is 5.56 Å². The number of pyridine rings is 1. The number of nitrogens with zero attached hydrogens (tertiary/aromatic N) is 6. The van der Waals surface area contributed by atoms with Crippen LogP contribution in [-0.4, -0.2) is 58.2 Å². The van der Waals surface area contributed by atoms with Crippen molar-refractivity contribution in [3.8, 4) is 29.4 Å². The second-order valence-electron chi connectivity index (χ2n) is 11.4. The van der Waals surface area contributed by atoms with Crippen LogP contribution in [0, 0.1) is 11.3 Å². The molecular formula is C36H36ClN7O6. The molecule has 50 heavy (non-hydrogen) atoms. The Balaban J connectivity index is 1.73. The standard InChI is InChI=1S/C36H36ClN7O6/c1-7-50-35(46)31-29(32(21(2)3)44(42-31)28-18-39-36(49-6)41-33(28)48-5)30(24-12-8-22(17-38)9-13-24)40-25-16-27(37)34(45)43(20-25)19-23-10-14-26(47-4)15-11-23/h8-16,18,20-21,30,40H,7,19H2,1-6H3. The zero-order valence-corrected chi connectivity index (χ0v) is 29.2. The summed E-state index contributed by atoms with van der Waals surface area (Å²) >= 11 is 6.54. The molecule has 0 saturated carbocycles. The van der Waals surface area contributed by atoms with Crippen molar-refractivity contribution in [1.29, 1.82) is 5.26 Å². The zero-order chi connectivity index (χ0) is 35.9. The Morgan fingerprint density at radius 3 is 2.36 bits per heavy atom. The Hall–Kier alpha value is -5.87. The van der Waals surface area contributed by atoms with E-state index < -0.39 is 12.0 Å². The van der Waals surface area contributed by atoms with Crippen molar-refractivity contribution in [3.63, 3.8) is 0 Å². The molecule has 1 N–H and O–H groups in total. The van der Waals surface area contributed by atoms with Gasteiger partial charge in [-0.25, -0.2) is 14.5 Å². The Morgan fingerprint density at radius 2 is 1.76 bits per heavy atom. The number of esters is 1. The van der Waals surface area contributed by atoms with Crippen LogP contribution in [0.3, 0.4) is 0 Å². The predicted octanol–water partition coefficient (Wildman–Crippen LogP) is 5.92. The van der Waals surface area contributed by atoms with Crippen LogP contribution in [-0.2, 0) is 11.3 Å². The van der Waals surface area contributed by atoms with Gasteiger partial charge >= 0.3 is 12.0 Å². The van der Waals surface area contributed by atoms with Crippen molar-refractivity contribution in [3.05, 3.63) is 116 Å². The van der Waals surface area contributed by atoms with Crippen LogP contribution in [0.2, 0.25) is 5.02 Å². The summed E-state index contributed by atoms with van der Waals surface area (Å²) < 4.78 is 24.6. The SMILES string of the molecule is CCOC(=O)c1nn(-c2cnc(OC)nc2OC)c(C(C)C)c1C(Nc1cc(Cl)c(=O)n(Cc2ccc(OC)cc2)c1)c1ccc(C#N)cc1. The zero-order valence-electron chi connectivity index (χ0n) is 28.4. The predicted molar refractivity (Wildman–Crippen MR) is 187 cm³/mol. The van der Waals surface area contributed by atoms with Crippen LogP contribution in [0.15, 0.2) is 71.8 Å². The highest BCUT2D eigenvalue weighted by Gasteiger charge is 2.34. The van der Waals surface area contributed by atoms with Crippen LogP contribution < -0.4 is 25.1 Å². The first-order valence-corrected chi connectivity index (χ1v) is 16.0. The van der Waals surface area contributed by atoms with Crippen LogP contribution in [0.5, 0.6) is 17.6 Å². The van der Waals surface area contributed by atoms with Crippen molar-refractivity contribution in [2.24, 2.45) is 0 Å². The van der Waals surface area contributed by atoms with E-state index in [4.69, 9.17) is 35.6 Å². The lowest BCUT2D eigenvalue weighted by Gasteiger charge is -2.24. The molecule has 1 unspecified atom stereocenters. The van der Waals surface area contributed by atoms with Gasteiger partial charge in [-0.15, -0.1) is 0 Å². The summed E-state index contributed by atoms with van der Waals surface area (Å²) in [5.74, 6) is -0.0108. The molecule has 3 aromatic heterocycles. The minimum absolute atomic E-state index is 0.00685. The molecule has 0 spiro atoms. The Kier molecular flexibility index (Phi) is 11.0. The number of hydrogen-bond donors (Lipinski definition) is 1. The summed E-state index contributed by atoms with van der Waals surface area (Å²) in [4.78, 5) is 35.5. The largest absolute Gasteiger partial charge is 0.497 e. The summed E-state index contributed by atoms with van der Waals surface area (Å²) in [7, 11) is 4.49. The molecule has 14 heteroatoms. The van der Waals surface area contributed by atoms with Gasteiger partial charge in [0.05, 0.1) is 69.7 Å². The Bertz CT molecular complexity index is 2090. The molecule has 0 aliphatic heterocycles. The summed E-state index contributed by atoms with van der Waals surface area (Å²) in [5.41, 5.74) is 3.62. The lowest BCUT2D eigenvalue weighted by molar-refractivity contribution is 0.0517. The fraction of sp³-hybridized carbons (Fsp3) is 0.278. The normalized spacial score (nSPS) is 11.5. The lowest BCUT2D eigenvalue weighted by atomic mass is 9.91. The van der Waals surface area contributed by atoms with Gasteiger partial charge in [-0.3, -0.25) is 4.79 Å². The summed E-state index contributed by atoms with van der Waals surface area (Å²) in [5, 5.41) is 17.8. The molecule has 2 aromatic carbocycles. The molecule has 0 radical (unpaired) electrons. The first-order chi connectivity index (χ1) is 24.1. The monoisotopic (exact) mass is 697 g/mol. The fourth-order valence-corrected chi connectivity index (χ4v) is 5.74. The summed E-state index contributed by atoms with van der Waals surface area (Å²) in [6.45, 7) is 5.98. The van der Waals surface area contributed by atoms with E-state index in [9.17, 15) is 14.9 Å². The second kappa shape index (κ2) is 15.6. The number of anilines is 1. The first kappa shape index (κ1) is 35.4. The molecule has 0 aliphatic carbocycles. The quantitative estimate of drug-likeness (QED) is 0.146. The smallest absolute Gasteiger partial charge is 0.359 e. The van der Waals surface area contributed by atoms with Crippen LogP contribution in [0.4, 0.5) is 5.69 Å². The van der Waals surface area contributed by atoms with Crippen molar-refractivity contribution >= 4 is 23.3 Å². The second-order valence-corrected chi connectivity index (χ2v) is 11.8. The lowest BCUT2D eigenvalue weighted by Crippen LogP contribution is -2.23. The Morgan fingerprint density at radius 1 is 1.04 bits per heavy atom. The van der Waals surface area contributed by atoms with Crippen LogP contribution in [0.25, 0.3) is 5.69 Å². The fourth-order valence-electron chi connectivity index (χ4n) is 5.52. The number of nitrogens with one attached hydrogen (secondary N) is 1.